The third-order valence-corrected chi connectivity index (χ3v) is 4.25. The van der Waals surface area contributed by atoms with Crippen LogP contribution in [0.1, 0.15) is 40.0 Å². The first-order valence-corrected chi connectivity index (χ1v) is 7.81. The molecule has 3 nitrogen and oxygen atoms in total. The molecule has 0 aromatic carbocycles. The van der Waals surface area contributed by atoms with Gasteiger partial charge >= 0.3 is 0 Å². The summed E-state index contributed by atoms with van der Waals surface area (Å²) in [7, 11) is 2.25. The number of nitrogens with one attached hydrogen (secondary N) is 1. The van der Waals surface area contributed by atoms with Crippen LogP contribution < -0.4 is 5.32 Å². The van der Waals surface area contributed by atoms with Gasteiger partial charge in [-0.2, -0.15) is 0 Å². The monoisotopic (exact) mass is 255 g/mol. The Morgan fingerprint density at radius 2 is 2.11 bits per heavy atom. The quantitative estimate of drug-likeness (QED) is 0.716. The number of hydrogen-bond acceptors (Lipinski definition) is 3. The number of rotatable bonds is 8. The molecule has 18 heavy (non-hydrogen) atoms. The zero-order valence-corrected chi connectivity index (χ0v) is 12.9. The summed E-state index contributed by atoms with van der Waals surface area (Å²) in [6.45, 7) is 14.2. The van der Waals surface area contributed by atoms with Gasteiger partial charge in [0.25, 0.3) is 0 Å². The molecular formula is C15H33N3. The van der Waals surface area contributed by atoms with E-state index in [1.54, 1.807) is 0 Å². The van der Waals surface area contributed by atoms with Gasteiger partial charge in [0, 0.05) is 25.7 Å². The molecule has 0 bridgehead atoms. The second-order valence-corrected chi connectivity index (χ2v) is 5.84. The fourth-order valence-corrected chi connectivity index (χ4v) is 2.98. The Labute approximate surface area is 114 Å². The zero-order valence-electron chi connectivity index (χ0n) is 12.9. The van der Waals surface area contributed by atoms with E-state index in [-0.39, 0.29) is 0 Å². The molecule has 1 saturated heterocycles. The summed E-state index contributed by atoms with van der Waals surface area (Å²) in [6.07, 6.45) is 4.02. The lowest BCUT2D eigenvalue weighted by atomic mass is 9.92. The van der Waals surface area contributed by atoms with E-state index in [4.69, 9.17) is 0 Å². The minimum atomic E-state index is 0.660. The normalized spacial score (nSPS) is 23.5. The molecule has 1 fully saturated rings. The molecule has 2 atom stereocenters. The van der Waals surface area contributed by atoms with Gasteiger partial charge in [0.05, 0.1) is 0 Å². The van der Waals surface area contributed by atoms with Crippen LogP contribution in [0.3, 0.4) is 0 Å². The first-order valence-electron chi connectivity index (χ1n) is 7.81. The van der Waals surface area contributed by atoms with Crippen LogP contribution in [-0.2, 0) is 0 Å². The highest BCUT2D eigenvalue weighted by molar-refractivity contribution is 4.79. The molecule has 0 aromatic rings. The number of likely N-dealkylation sites (N-methyl/N-ethyl adjacent to an activating group) is 1. The summed E-state index contributed by atoms with van der Waals surface area (Å²) in [5.41, 5.74) is 0. The first-order chi connectivity index (χ1) is 8.67. The maximum absolute atomic E-state index is 3.73. The van der Waals surface area contributed by atoms with Crippen molar-refractivity contribution in [1.29, 1.82) is 0 Å². The lowest BCUT2D eigenvalue weighted by Crippen LogP contribution is -2.45. The summed E-state index contributed by atoms with van der Waals surface area (Å²) in [4.78, 5) is 5.01. The second kappa shape index (κ2) is 8.89. The van der Waals surface area contributed by atoms with Crippen LogP contribution >= 0.6 is 0 Å². The Morgan fingerprint density at radius 3 is 2.72 bits per heavy atom. The van der Waals surface area contributed by atoms with E-state index in [2.05, 4.69) is 42.9 Å². The largest absolute Gasteiger partial charge is 0.313 e. The molecule has 0 aromatic heterocycles. The molecule has 0 amide bonds. The molecule has 1 heterocycles. The Balaban J connectivity index is 2.17. The third kappa shape index (κ3) is 5.68. The van der Waals surface area contributed by atoms with Gasteiger partial charge in [-0.1, -0.05) is 13.8 Å². The van der Waals surface area contributed by atoms with Crippen LogP contribution in [-0.4, -0.2) is 62.2 Å². The maximum Gasteiger partial charge on any atom is 0.0107 e. The number of nitrogens with zero attached hydrogens (tertiary/aromatic N) is 2. The molecule has 1 rings (SSSR count). The van der Waals surface area contributed by atoms with E-state index in [1.807, 2.05) is 0 Å². The number of likely N-dealkylation sites (tertiary alicyclic amines) is 1. The van der Waals surface area contributed by atoms with Gasteiger partial charge in [-0.25, -0.2) is 0 Å². The molecule has 2 unspecified atom stereocenters. The SMILES string of the molecule is CCCN(CC)CCNC(C)C1CCCN(C)C1. The van der Waals surface area contributed by atoms with Crippen LogP contribution in [0, 0.1) is 5.92 Å². The molecule has 1 aliphatic heterocycles. The average Bonchev–Trinajstić information content (AvgIpc) is 2.37. The molecule has 1 aliphatic rings. The van der Waals surface area contributed by atoms with Crippen molar-refractivity contribution in [3.8, 4) is 0 Å². The van der Waals surface area contributed by atoms with Crippen molar-refractivity contribution in [2.24, 2.45) is 5.92 Å². The fraction of sp³-hybridized carbons (Fsp3) is 1.00. The van der Waals surface area contributed by atoms with E-state index in [9.17, 15) is 0 Å². The molecule has 0 spiro atoms. The molecule has 3 heteroatoms. The van der Waals surface area contributed by atoms with Crippen molar-refractivity contribution >= 4 is 0 Å². The summed E-state index contributed by atoms with van der Waals surface area (Å²) in [5.74, 6) is 0.838. The van der Waals surface area contributed by atoms with Crippen LogP contribution in [0.25, 0.3) is 0 Å². The highest BCUT2D eigenvalue weighted by Gasteiger charge is 2.22. The van der Waals surface area contributed by atoms with Crippen LogP contribution in [0.4, 0.5) is 0 Å². The summed E-state index contributed by atoms with van der Waals surface area (Å²) in [5, 5.41) is 3.73. The van der Waals surface area contributed by atoms with Crippen molar-refractivity contribution in [3.63, 3.8) is 0 Å². The van der Waals surface area contributed by atoms with E-state index >= 15 is 0 Å². The second-order valence-electron chi connectivity index (χ2n) is 5.84. The van der Waals surface area contributed by atoms with E-state index < -0.39 is 0 Å². The van der Waals surface area contributed by atoms with Gasteiger partial charge in [-0.15, -0.1) is 0 Å². The highest BCUT2D eigenvalue weighted by Crippen LogP contribution is 2.18. The third-order valence-electron chi connectivity index (χ3n) is 4.25. The van der Waals surface area contributed by atoms with Crippen molar-refractivity contribution in [2.45, 2.75) is 46.1 Å². The van der Waals surface area contributed by atoms with Crippen molar-refractivity contribution < 1.29 is 0 Å². The van der Waals surface area contributed by atoms with Gasteiger partial charge in [0.15, 0.2) is 0 Å². The smallest absolute Gasteiger partial charge is 0.0107 e. The number of hydrogen-bond donors (Lipinski definition) is 1. The Hall–Kier alpha value is -0.120. The van der Waals surface area contributed by atoms with Gasteiger partial charge in [-0.05, 0) is 58.8 Å². The average molecular weight is 255 g/mol. The lowest BCUT2D eigenvalue weighted by Gasteiger charge is -2.34. The first kappa shape index (κ1) is 15.9. The molecular weight excluding hydrogens is 222 g/mol. The van der Waals surface area contributed by atoms with Gasteiger partial charge < -0.3 is 15.1 Å². The minimum absolute atomic E-state index is 0.660. The van der Waals surface area contributed by atoms with Gasteiger partial charge in [0.1, 0.15) is 0 Å². The van der Waals surface area contributed by atoms with E-state index in [1.165, 1.54) is 52.0 Å². The van der Waals surface area contributed by atoms with E-state index in [0.29, 0.717) is 6.04 Å². The topological polar surface area (TPSA) is 18.5 Å². The van der Waals surface area contributed by atoms with Crippen LogP contribution in [0.15, 0.2) is 0 Å². The van der Waals surface area contributed by atoms with E-state index in [0.717, 1.165) is 12.5 Å². The van der Waals surface area contributed by atoms with Crippen molar-refractivity contribution in [2.75, 3.05) is 46.3 Å². The molecule has 0 aliphatic carbocycles. The maximum atomic E-state index is 3.73. The van der Waals surface area contributed by atoms with Gasteiger partial charge in [-0.3, -0.25) is 0 Å². The standard InChI is InChI=1S/C15H33N3/c1-5-10-18(6-2)12-9-16-14(3)15-8-7-11-17(4)13-15/h14-16H,5-13H2,1-4H3. The molecule has 108 valence electrons. The summed E-state index contributed by atoms with van der Waals surface area (Å²) >= 11 is 0. The predicted molar refractivity (Wildman–Crippen MR) is 80.1 cm³/mol. The Bertz CT molecular complexity index is 208. The minimum Gasteiger partial charge on any atom is -0.313 e. The zero-order chi connectivity index (χ0) is 13.4. The van der Waals surface area contributed by atoms with Crippen molar-refractivity contribution in [1.82, 2.24) is 15.1 Å². The number of piperidine rings is 1. The van der Waals surface area contributed by atoms with Crippen LogP contribution in [0.5, 0.6) is 0 Å². The Kier molecular flexibility index (Phi) is 7.87. The summed E-state index contributed by atoms with van der Waals surface area (Å²) in [6, 6.07) is 0.660. The van der Waals surface area contributed by atoms with Crippen molar-refractivity contribution in [3.05, 3.63) is 0 Å². The van der Waals surface area contributed by atoms with Crippen LogP contribution in [0.2, 0.25) is 0 Å². The summed E-state index contributed by atoms with van der Waals surface area (Å²) < 4.78 is 0. The predicted octanol–water partition coefficient (Wildman–Crippen LogP) is 2.04. The highest BCUT2D eigenvalue weighted by atomic mass is 15.1. The molecule has 1 N–H and O–H groups in total. The molecule has 0 saturated carbocycles. The molecule has 0 radical (unpaired) electrons. The Morgan fingerprint density at radius 1 is 1.33 bits per heavy atom. The van der Waals surface area contributed by atoms with Gasteiger partial charge in [0.2, 0.25) is 0 Å². The fourth-order valence-electron chi connectivity index (χ4n) is 2.98. The lowest BCUT2D eigenvalue weighted by molar-refractivity contribution is 0.175.